The van der Waals surface area contributed by atoms with Gasteiger partial charge in [-0.25, -0.2) is 0 Å². The Kier molecular flexibility index (Phi) is 9.76. The summed E-state index contributed by atoms with van der Waals surface area (Å²) < 4.78 is 0. The molecule has 6 saturated heterocycles. The van der Waals surface area contributed by atoms with Crippen molar-refractivity contribution in [3.05, 3.63) is 0 Å². The van der Waals surface area contributed by atoms with Crippen LogP contribution in [0.15, 0.2) is 0 Å². The van der Waals surface area contributed by atoms with Crippen LogP contribution < -0.4 is 47.9 Å². The summed E-state index contributed by atoms with van der Waals surface area (Å²) >= 11 is 0. The Balaban J connectivity index is 0.943. The van der Waals surface area contributed by atoms with E-state index in [1.807, 2.05) is 0 Å². The van der Waals surface area contributed by atoms with Crippen LogP contribution in [-0.4, -0.2) is 87.2 Å². The van der Waals surface area contributed by atoms with Gasteiger partial charge in [-0.05, 0) is 111 Å². The van der Waals surface area contributed by atoms with Crippen LogP contribution >= 0.6 is 0 Å². The van der Waals surface area contributed by atoms with E-state index < -0.39 is 0 Å². The maximum atomic E-state index is 6.39. The molecule has 9 N–H and O–H groups in total. The van der Waals surface area contributed by atoms with Crippen LogP contribution in [0.1, 0.15) is 103 Å². The first-order chi connectivity index (χ1) is 24.3. The van der Waals surface area contributed by atoms with Crippen LogP contribution in [0, 0.1) is 53.3 Å². The van der Waals surface area contributed by atoms with Gasteiger partial charge in [0.1, 0.15) is 0 Å². The number of piperazine rings is 1. The number of hydrogen-bond acceptors (Lipinski definition) is 11. The van der Waals surface area contributed by atoms with Crippen molar-refractivity contribution in [3.63, 3.8) is 0 Å². The Hall–Kier alpha value is -0.440. The molecule has 0 radical (unpaired) electrons. The lowest BCUT2D eigenvalue weighted by Crippen LogP contribution is -2.61. The van der Waals surface area contributed by atoms with Crippen LogP contribution in [0.4, 0.5) is 0 Å². The molecule has 10 fully saturated rings. The molecule has 17 atom stereocenters. The second-order valence-corrected chi connectivity index (χ2v) is 18.2. The quantitative estimate of drug-likeness (QED) is 0.217. The lowest BCUT2D eigenvalue weighted by molar-refractivity contribution is -0.169. The molecule has 8 bridgehead atoms. The Labute approximate surface area is 295 Å². The average Bonchev–Trinajstić information content (AvgIpc) is 3.88. The fourth-order valence-corrected chi connectivity index (χ4v) is 13.6. The predicted molar refractivity (Wildman–Crippen MR) is 191 cm³/mol. The number of fused-ring (bicyclic) bond motifs is 20. The third-order valence-corrected chi connectivity index (χ3v) is 15.9. The molecule has 0 aromatic heterocycles. The van der Waals surface area contributed by atoms with Gasteiger partial charge in [-0.3, -0.25) is 47.4 Å². The van der Waals surface area contributed by atoms with E-state index in [0.717, 1.165) is 44.6 Å². The van der Waals surface area contributed by atoms with Crippen LogP contribution in [0.25, 0.3) is 0 Å². The monoisotopic (exact) mass is 681 g/mol. The van der Waals surface area contributed by atoms with Crippen LogP contribution in [0.5, 0.6) is 0 Å². The van der Waals surface area contributed by atoms with Gasteiger partial charge in [0.2, 0.25) is 0 Å². The smallest absolute Gasteiger partial charge is 0.0687 e. The Morgan fingerprint density at radius 2 is 0.776 bits per heavy atom. The van der Waals surface area contributed by atoms with Gasteiger partial charge in [-0.2, -0.15) is 5.06 Å². The molecule has 4 saturated carbocycles. The molecule has 0 aromatic rings. The summed E-state index contributed by atoms with van der Waals surface area (Å²) in [6.45, 7) is 4.94. The summed E-state index contributed by atoms with van der Waals surface area (Å²) in [4.78, 5) is 6.39. The fraction of sp³-hybridized carbons (Fsp3) is 1.00. The third-order valence-electron chi connectivity index (χ3n) is 15.9. The number of hydroxylamine groups is 2. The zero-order valence-corrected chi connectivity index (χ0v) is 30.0. The molecule has 0 aromatic carbocycles. The molecule has 11 heteroatoms. The summed E-state index contributed by atoms with van der Waals surface area (Å²) in [5, 5.41) is 40.0. The Morgan fingerprint density at radius 1 is 0.408 bits per heavy atom. The minimum absolute atomic E-state index is 0.327. The van der Waals surface area contributed by atoms with Crippen molar-refractivity contribution in [2.75, 3.05) is 32.8 Å². The van der Waals surface area contributed by atoms with Gasteiger partial charge < -0.3 is 5.32 Å². The molecule has 0 spiro atoms. The fourth-order valence-electron chi connectivity index (χ4n) is 13.6. The van der Waals surface area contributed by atoms with E-state index in [4.69, 9.17) is 4.84 Å². The van der Waals surface area contributed by atoms with Crippen LogP contribution in [0.3, 0.4) is 0 Å². The largest absolute Gasteiger partial charge is 0.314 e. The first kappa shape index (κ1) is 33.2. The van der Waals surface area contributed by atoms with E-state index >= 15 is 0 Å². The van der Waals surface area contributed by atoms with Crippen molar-refractivity contribution in [1.82, 2.24) is 52.9 Å². The van der Waals surface area contributed by atoms with Crippen LogP contribution in [0.2, 0.25) is 0 Å². The molecule has 17 unspecified atom stereocenters. The second kappa shape index (κ2) is 14.4. The van der Waals surface area contributed by atoms with Gasteiger partial charge in [0.05, 0.1) is 55.9 Å². The molecular weight excluding hydrogens is 612 g/mol. The van der Waals surface area contributed by atoms with Crippen LogP contribution in [-0.2, 0) is 4.84 Å². The van der Waals surface area contributed by atoms with E-state index in [9.17, 15) is 0 Å². The third kappa shape index (κ3) is 6.36. The summed E-state index contributed by atoms with van der Waals surface area (Å²) in [7, 11) is 0. The lowest BCUT2D eigenvalue weighted by atomic mass is 9.70. The highest BCUT2D eigenvalue weighted by Crippen LogP contribution is 2.47. The van der Waals surface area contributed by atoms with Crippen molar-refractivity contribution in [3.8, 4) is 0 Å². The lowest BCUT2D eigenvalue weighted by Gasteiger charge is -2.40. The molecule has 276 valence electrons. The molecule has 0 amide bonds. The molecule has 6 heterocycles. The van der Waals surface area contributed by atoms with Gasteiger partial charge in [0.15, 0.2) is 0 Å². The molecular formula is C38H68N10O. The van der Waals surface area contributed by atoms with E-state index in [0.29, 0.717) is 90.8 Å². The van der Waals surface area contributed by atoms with Gasteiger partial charge in [0.25, 0.3) is 0 Å². The highest BCUT2D eigenvalue weighted by Gasteiger charge is 2.55. The van der Waals surface area contributed by atoms with Crippen molar-refractivity contribution < 1.29 is 4.84 Å². The molecule has 10 aliphatic rings. The first-order valence-electron chi connectivity index (χ1n) is 21.4. The maximum absolute atomic E-state index is 6.39. The zero-order chi connectivity index (χ0) is 32.3. The van der Waals surface area contributed by atoms with Gasteiger partial charge in [-0.1, -0.05) is 44.9 Å². The minimum Gasteiger partial charge on any atom is -0.314 e. The van der Waals surface area contributed by atoms with Gasteiger partial charge in [-0.15, -0.1) is 0 Å². The number of nitrogens with zero attached hydrogens (tertiary/aromatic N) is 1. The second-order valence-electron chi connectivity index (χ2n) is 18.2. The van der Waals surface area contributed by atoms with Crippen molar-refractivity contribution in [1.29, 1.82) is 0 Å². The molecule has 10 rings (SSSR count). The van der Waals surface area contributed by atoms with Crippen molar-refractivity contribution in [2.24, 2.45) is 53.3 Å². The Morgan fingerprint density at radius 3 is 1.20 bits per heavy atom. The maximum Gasteiger partial charge on any atom is 0.0687 e. The molecule has 4 aliphatic carbocycles. The first-order valence-corrected chi connectivity index (χ1v) is 21.4. The summed E-state index contributed by atoms with van der Waals surface area (Å²) in [5.74, 6) is 6.25. The SMILES string of the molecule is C1CCC2C3NC(NC4NC(NC5NC(NC6NC(N3)C3CCCCC63)C3C(CCON6CCNCC6)CCCC53)C3CCCCC43)C2C1. The van der Waals surface area contributed by atoms with Crippen molar-refractivity contribution in [2.45, 2.75) is 152 Å². The molecule has 49 heavy (non-hydrogen) atoms. The minimum atomic E-state index is 0.327. The predicted octanol–water partition coefficient (Wildman–Crippen LogP) is 2.06. The topological polar surface area (TPSA) is 121 Å². The van der Waals surface area contributed by atoms with Gasteiger partial charge >= 0.3 is 0 Å². The van der Waals surface area contributed by atoms with E-state index in [1.165, 1.54) is 103 Å². The highest BCUT2D eigenvalue weighted by molar-refractivity contribution is 5.09. The Bertz CT molecular complexity index is 1120. The standard InChI is InChI=1S/C38H68N10O/c1-2-10-24-23(9-1)31-40-32(24)42-34-27-13-5-6-14-28(27)36(44-34)46-38-30-22(16-21-49-48-19-17-39-18-20-48)8-7-15-29(30)37(47-38)45-35-26-12-4-3-11-25(26)33(41-31)43-35/h22-47H,1-21H2. The van der Waals surface area contributed by atoms with E-state index in [2.05, 4.69) is 52.9 Å². The average molecular weight is 681 g/mol. The summed E-state index contributed by atoms with van der Waals surface area (Å²) in [6.07, 6.45) is 24.6. The molecule has 6 aliphatic heterocycles. The van der Waals surface area contributed by atoms with E-state index in [-0.39, 0.29) is 0 Å². The van der Waals surface area contributed by atoms with E-state index in [1.54, 1.807) is 0 Å². The number of rotatable bonds is 4. The summed E-state index contributed by atoms with van der Waals surface area (Å²) in [6, 6.07) is 0. The normalized spacial score (nSPS) is 53.0. The van der Waals surface area contributed by atoms with Crippen molar-refractivity contribution >= 4 is 0 Å². The molecule has 11 nitrogen and oxygen atoms in total. The summed E-state index contributed by atoms with van der Waals surface area (Å²) in [5.41, 5.74) is 0. The van der Waals surface area contributed by atoms with Gasteiger partial charge in [0, 0.05) is 26.2 Å². The highest BCUT2D eigenvalue weighted by atomic mass is 16.7. The zero-order valence-electron chi connectivity index (χ0n) is 30.0. The number of nitrogens with one attached hydrogen (secondary N) is 9. The number of hydrogen-bond donors (Lipinski definition) is 9.